The summed E-state index contributed by atoms with van der Waals surface area (Å²) in [6.45, 7) is 4.95. The number of aryl methyl sites for hydroxylation is 1. The summed E-state index contributed by atoms with van der Waals surface area (Å²) in [7, 11) is 0. The van der Waals surface area contributed by atoms with Crippen molar-refractivity contribution in [1.82, 2.24) is 0 Å². The monoisotopic (exact) mass is 426 g/mol. The predicted molar refractivity (Wildman–Crippen MR) is 122 cm³/mol. The van der Waals surface area contributed by atoms with Crippen molar-refractivity contribution in [2.75, 3.05) is 0 Å². The molecule has 0 heterocycles. The van der Waals surface area contributed by atoms with Crippen LogP contribution in [0.2, 0.25) is 0 Å². The van der Waals surface area contributed by atoms with Gasteiger partial charge in [0.25, 0.3) is 0 Å². The zero-order valence-electron chi connectivity index (χ0n) is 19.2. The Bertz CT molecular complexity index is 832. The fourth-order valence-corrected chi connectivity index (χ4v) is 8.48. The molecule has 0 saturated heterocycles. The van der Waals surface area contributed by atoms with Gasteiger partial charge in [0.2, 0.25) is 0 Å². The summed E-state index contributed by atoms with van der Waals surface area (Å²) < 4.78 is 13.2. The number of fused-ring (bicyclic) bond motifs is 5. The molecule has 0 amide bonds. The van der Waals surface area contributed by atoms with E-state index in [4.69, 9.17) is 0 Å². The van der Waals surface area contributed by atoms with E-state index >= 15 is 0 Å². The van der Waals surface area contributed by atoms with Gasteiger partial charge in [0.15, 0.2) is 0 Å². The van der Waals surface area contributed by atoms with Crippen LogP contribution in [0, 0.1) is 40.3 Å². The second kappa shape index (κ2) is 7.99. The fourth-order valence-electron chi connectivity index (χ4n) is 8.48. The molecule has 0 aromatic heterocycles. The van der Waals surface area contributed by atoms with Crippen molar-refractivity contribution in [3.8, 4) is 0 Å². The molecule has 4 aliphatic carbocycles. The second-order valence-corrected chi connectivity index (χ2v) is 11.6. The maximum atomic E-state index is 13.2. The number of aliphatic hydroxyl groups is 2. The highest BCUT2D eigenvalue weighted by Crippen LogP contribution is 2.66. The Kier molecular flexibility index (Phi) is 5.58. The van der Waals surface area contributed by atoms with Gasteiger partial charge in [-0.15, -0.1) is 0 Å². The van der Waals surface area contributed by atoms with Gasteiger partial charge in [-0.25, -0.2) is 4.39 Å². The smallest absolute Gasteiger partial charge is 0.123 e. The summed E-state index contributed by atoms with van der Waals surface area (Å²) in [6, 6.07) is 6.73. The van der Waals surface area contributed by atoms with Crippen LogP contribution >= 0.6 is 0 Å². The third-order valence-corrected chi connectivity index (χ3v) is 10.3. The summed E-state index contributed by atoms with van der Waals surface area (Å²) in [6.07, 6.45) is 12.7. The predicted octanol–water partition coefficient (Wildman–Crippen LogP) is 6.06. The Morgan fingerprint density at radius 2 is 1.81 bits per heavy atom. The highest BCUT2D eigenvalue weighted by Gasteiger charge is 2.59. The molecule has 3 saturated carbocycles. The molecule has 4 aliphatic rings. The number of hydrogen-bond acceptors (Lipinski definition) is 2. The van der Waals surface area contributed by atoms with Gasteiger partial charge in [-0.05, 0) is 116 Å². The van der Waals surface area contributed by atoms with Crippen molar-refractivity contribution in [2.24, 2.45) is 34.5 Å². The Labute approximate surface area is 187 Å². The van der Waals surface area contributed by atoms with E-state index in [9.17, 15) is 14.6 Å². The Morgan fingerprint density at radius 3 is 2.58 bits per heavy atom. The van der Waals surface area contributed by atoms with Crippen LogP contribution in [0.5, 0.6) is 0 Å². The number of benzene rings is 1. The number of allylic oxidation sites excluding steroid dienone is 1. The molecule has 0 aliphatic heterocycles. The minimum Gasteiger partial charge on any atom is -0.393 e. The second-order valence-electron chi connectivity index (χ2n) is 11.6. The van der Waals surface area contributed by atoms with E-state index in [0.717, 1.165) is 55.9 Å². The number of hydrogen-bond donors (Lipinski definition) is 2. The third kappa shape index (κ3) is 3.60. The zero-order chi connectivity index (χ0) is 21.8. The van der Waals surface area contributed by atoms with Crippen LogP contribution in [0.15, 0.2) is 35.9 Å². The molecule has 3 heteroatoms. The van der Waals surface area contributed by atoms with Crippen LogP contribution in [-0.2, 0) is 6.42 Å². The molecule has 1 aromatic rings. The maximum absolute atomic E-state index is 13.2. The molecular formula is C28H39FO2. The molecule has 0 spiro atoms. The lowest BCUT2D eigenvalue weighted by molar-refractivity contribution is -0.0713. The first-order chi connectivity index (χ1) is 14.8. The highest BCUT2D eigenvalue weighted by molar-refractivity contribution is 5.25. The van der Waals surface area contributed by atoms with Gasteiger partial charge in [-0.3, -0.25) is 0 Å². The average molecular weight is 427 g/mol. The standard InChI is InChI=1S/C28H39FO2/c1-27-15-13-21(30)17-19(27)6-9-22-23-10-11-25(28(23,2)16-14-24(22)27)26(31)12-5-18-3-7-20(29)8-4-18/h3-4,6-8,21-26,30-31H,5,9-17H2,1-2H3/t21-,22-,23-,24-,25+,26+,27-,28-/m0/s1. The van der Waals surface area contributed by atoms with Crippen molar-refractivity contribution in [2.45, 2.75) is 90.3 Å². The van der Waals surface area contributed by atoms with Gasteiger partial charge in [-0.1, -0.05) is 37.6 Å². The van der Waals surface area contributed by atoms with Crippen LogP contribution in [0.1, 0.15) is 77.2 Å². The Morgan fingerprint density at radius 1 is 1.03 bits per heavy atom. The van der Waals surface area contributed by atoms with Gasteiger partial charge in [0, 0.05) is 0 Å². The molecule has 8 atom stereocenters. The van der Waals surface area contributed by atoms with Gasteiger partial charge >= 0.3 is 0 Å². The molecule has 31 heavy (non-hydrogen) atoms. The molecule has 170 valence electrons. The molecule has 0 unspecified atom stereocenters. The van der Waals surface area contributed by atoms with E-state index in [2.05, 4.69) is 19.9 Å². The minimum atomic E-state index is -0.272. The molecule has 0 bridgehead atoms. The number of halogens is 1. The lowest BCUT2D eigenvalue weighted by atomic mass is 9.47. The van der Waals surface area contributed by atoms with Crippen LogP contribution < -0.4 is 0 Å². The van der Waals surface area contributed by atoms with E-state index in [1.807, 2.05) is 12.1 Å². The summed E-state index contributed by atoms with van der Waals surface area (Å²) in [5.74, 6) is 2.37. The zero-order valence-corrected chi connectivity index (χ0v) is 19.2. The molecule has 1 aromatic carbocycles. The minimum absolute atomic E-state index is 0.142. The SMILES string of the molecule is C[C@]12CC[C@H]3[C@@H](CC=C4C[C@@H](O)CC[C@@]43C)[C@@H]1CC[C@@H]2[C@H](O)CCc1ccc(F)cc1. The van der Waals surface area contributed by atoms with Crippen molar-refractivity contribution in [1.29, 1.82) is 0 Å². The van der Waals surface area contributed by atoms with Crippen LogP contribution in [0.25, 0.3) is 0 Å². The Balaban J connectivity index is 1.30. The summed E-state index contributed by atoms with van der Waals surface area (Å²) in [4.78, 5) is 0. The average Bonchev–Trinajstić information content (AvgIpc) is 3.11. The summed E-state index contributed by atoms with van der Waals surface area (Å²) in [5.41, 5.74) is 3.16. The molecule has 5 rings (SSSR count). The first-order valence-electron chi connectivity index (χ1n) is 12.6. The van der Waals surface area contributed by atoms with Crippen molar-refractivity contribution >= 4 is 0 Å². The van der Waals surface area contributed by atoms with E-state index in [1.54, 1.807) is 0 Å². The van der Waals surface area contributed by atoms with Crippen LogP contribution in [-0.4, -0.2) is 22.4 Å². The quantitative estimate of drug-likeness (QED) is 0.575. The molecule has 0 radical (unpaired) electrons. The molecule has 2 nitrogen and oxygen atoms in total. The third-order valence-electron chi connectivity index (χ3n) is 10.3. The first-order valence-corrected chi connectivity index (χ1v) is 12.6. The lowest BCUT2D eigenvalue weighted by Crippen LogP contribution is -2.51. The Hall–Kier alpha value is -1.19. The summed E-state index contributed by atoms with van der Waals surface area (Å²) in [5, 5.41) is 21.4. The van der Waals surface area contributed by atoms with Crippen molar-refractivity contribution in [3.05, 3.63) is 47.3 Å². The molecule has 3 fully saturated rings. The lowest BCUT2D eigenvalue weighted by Gasteiger charge is -2.58. The molecular weight excluding hydrogens is 387 g/mol. The van der Waals surface area contributed by atoms with Gasteiger partial charge in [0.05, 0.1) is 12.2 Å². The largest absolute Gasteiger partial charge is 0.393 e. The van der Waals surface area contributed by atoms with E-state index in [0.29, 0.717) is 11.8 Å². The highest BCUT2D eigenvalue weighted by atomic mass is 19.1. The van der Waals surface area contributed by atoms with Crippen molar-refractivity contribution in [3.63, 3.8) is 0 Å². The molecule has 2 N–H and O–H groups in total. The first kappa shape index (κ1) is 21.6. The van der Waals surface area contributed by atoms with Crippen LogP contribution in [0.4, 0.5) is 4.39 Å². The maximum Gasteiger partial charge on any atom is 0.123 e. The van der Waals surface area contributed by atoms with Gasteiger partial charge < -0.3 is 10.2 Å². The fraction of sp³-hybridized carbons (Fsp3) is 0.714. The van der Waals surface area contributed by atoms with Crippen molar-refractivity contribution < 1.29 is 14.6 Å². The topological polar surface area (TPSA) is 40.5 Å². The van der Waals surface area contributed by atoms with Crippen LogP contribution in [0.3, 0.4) is 0 Å². The number of aliphatic hydroxyl groups excluding tert-OH is 2. The summed E-state index contributed by atoms with van der Waals surface area (Å²) >= 11 is 0. The van der Waals surface area contributed by atoms with Gasteiger partial charge in [0.1, 0.15) is 5.82 Å². The van der Waals surface area contributed by atoms with E-state index in [-0.39, 0.29) is 28.9 Å². The normalized spacial score (nSPS) is 42.9. The van der Waals surface area contributed by atoms with Gasteiger partial charge in [-0.2, -0.15) is 0 Å². The van der Waals surface area contributed by atoms with E-state index < -0.39 is 0 Å². The van der Waals surface area contributed by atoms with E-state index in [1.165, 1.54) is 43.4 Å². The number of rotatable bonds is 4.